The molecule has 0 bridgehead atoms. The van der Waals surface area contributed by atoms with Crippen molar-refractivity contribution >= 4 is 0 Å². The van der Waals surface area contributed by atoms with Crippen molar-refractivity contribution in [3.8, 4) is 0 Å². The highest BCUT2D eigenvalue weighted by Gasteiger charge is 2.29. The molecule has 0 aromatic rings. The highest BCUT2D eigenvalue weighted by molar-refractivity contribution is 4.97. The van der Waals surface area contributed by atoms with Gasteiger partial charge in [-0.3, -0.25) is 0 Å². The van der Waals surface area contributed by atoms with Gasteiger partial charge >= 0.3 is 0 Å². The molecule has 0 aromatic carbocycles. The number of allylic oxidation sites excluding steroid dienone is 2. The fourth-order valence-electron chi connectivity index (χ4n) is 2.14. The first-order valence-electron chi connectivity index (χ1n) is 5.72. The summed E-state index contributed by atoms with van der Waals surface area (Å²) in [5.74, 6) is 1.63. The van der Waals surface area contributed by atoms with Crippen LogP contribution in [0.4, 0.5) is 0 Å². The first kappa shape index (κ1) is 10.8. The Morgan fingerprint density at radius 3 is 2.62 bits per heavy atom. The predicted molar refractivity (Wildman–Crippen MR) is 59.7 cm³/mol. The highest BCUT2D eigenvalue weighted by atomic mass is 14.3. The lowest BCUT2D eigenvalue weighted by Crippen LogP contribution is -2.04. The lowest BCUT2D eigenvalue weighted by atomic mass is 9.90. The van der Waals surface area contributed by atoms with Crippen molar-refractivity contribution in [3.05, 3.63) is 12.2 Å². The van der Waals surface area contributed by atoms with Gasteiger partial charge in [0.05, 0.1) is 0 Å². The number of rotatable bonds is 3. The smallest absolute Gasteiger partial charge is 0.0228 e. The Morgan fingerprint density at radius 1 is 1.46 bits per heavy atom. The van der Waals surface area contributed by atoms with Crippen LogP contribution in [-0.2, 0) is 0 Å². The zero-order valence-electron chi connectivity index (χ0n) is 9.64. The highest BCUT2D eigenvalue weighted by Crippen LogP contribution is 2.41. The Hall–Kier alpha value is -0.260. The van der Waals surface area contributed by atoms with Crippen LogP contribution in [0.1, 0.15) is 53.4 Å². The van der Waals surface area contributed by atoms with Crippen molar-refractivity contribution < 1.29 is 0 Å². The predicted octanol–water partition coefficient (Wildman–Crippen LogP) is 4.42. The van der Waals surface area contributed by atoms with Gasteiger partial charge < -0.3 is 0 Å². The average Bonchev–Trinajstić information content (AvgIpc) is 2.41. The summed E-state index contributed by atoms with van der Waals surface area (Å²) in [4.78, 5) is 0. The summed E-state index contributed by atoms with van der Waals surface area (Å²) in [6.07, 6.45) is 10.3. The molecule has 1 saturated carbocycles. The van der Waals surface area contributed by atoms with E-state index in [1.54, 1.807) is 0 Å². The molecule has 1 rings (SSSR count). The van der Waals surface area contributed by atoms with Crippen molar-refractivity contribution in [2.24, 2.45) is 17.3 Å². The molecular weight excluding hydrogens is 156 g/mol. The quantitative estimate of drug-likeness (QED) is 0.564. The Morgan fingerprint density at radius 2 is 2.15 bits per heavy atom. The Bertz CT molecular complexity index is 176. The molecule has 2 unspecified atom stereocenters. The first-order valence-corrected chi connectivity index (χ1v) is 5.72. The molecule has 1 aliphatic carbocycles. The Kier molecular flexibility index (Phi) is 3.58. The van der Waals surface area contributed by atoms with Crippen molar-refractivity contribution in [1.29, 1.82) is 0 Å². The second-order valence-corrected chi connectivity index (χ2v) is 5.44. The lowest BCUT2D eigenvalue weighted by Gasteiger charge is -2.15. The Labute approximate surface area is 83.4 Å². The van der Waals surface area contributed by atoms with Gasteiger partial charge in [-0.1, -0.05) is 46.3 Å². The van der Waals surface area contributed by atoms with Gasteiger partial charge in [-0.2, -0.15) is 0 Å². The fourth-order valence-corrected chi connectivity index (χ4v) is 2.14. The van der Waals surface area contributed by atoms with Gasteiger partial charge in [0.2, 0.25) is 0 Å². The van der Waals surface area contributed by atoms with E-state index in [0.29, 0.717) is 5.41 Å². The van der Waals surface area contributed by atoms with Crippen LogP contribution in [0.5, 0.6) is 0 Å². The minimum absolute atomic E-state index is 0.602. The van der Waals surface area contributed by atoms with E-state index >= 15 is 0 Å². The minimum Gasteiger partial charge on any atom is -0.0854 e. The van der Waals surface area contributed by atoms with E-state index in [1.165, 1.54) is 25.7 Å². The summed E-state index contributed by atoms with van der Waals surface area (Å²) < 4.78 is 0. The maximum atomic E-state index is 2.46. The molecule has 0 amide bonds. The summed E-state index contributed by atoms with van der Waals surface area (Å²) in [5.41, 5.74) is 0.602. The van der Waals surface area contributed by atoms with E-state index in [4.69, 9.17) is 0 Å². The maximum absolute atomic E-state index is 2.46. The van der Waals surface area contributed by atoms with Crippen molar-refractivity contribution in [1.82, 2.24) is 0 Å². The number of hydrogen-bond acceptors (Lipinski definition) is 0. The molecule has 76 valence electrons. The Balaban J connectivity index is 2.36. The van der Waals surface area contributed by atoms with Crippen LogP contribution in [0.25, 0.3) is 0 Å². The molecule has 0 aliphatic heterocycles. The van der Waals surface area contributed by atoms with Crippen LogP contribution in [-0.4, -0.2) is 0 Å². The van der Waals surface area contributed by atoms with Crippen molar-refractivity contribution in [2.75, 3.05) is 0 Å². The van der Waals surface area contributed by atoms with Crippen LogP contribution < -0.4 is 0 Å². The maximum Gasteiger partial charge on any atom is -0.0228 e. The normalized spacial score (nSPS) is 29.7. The summed E-state index contributed by atoms with van der Waals surface area (Å²) in [6.45, 7) is 9.35. The van der Waals surface area contributed by atoms with E-state index < -0.39 is 0 Å². The molecule has 2 atom stereocenters. The molecule has 1 fully saturated rings. The molecule has 0 nitrogen and oxygen atoms in total. The molecule has 13 heavy (non-hydrogen) atoms. The van der Waals surface area contributed by atoms with Gasteiger partial charge in [0.1, 0.15) is 0 Å². The molecular formula is C13H24. The molecule has 1 aliphatic rings. The molecule has 0 spiro atoms. The average molecular weight is 180 g/mol. The third-order valence-electron chi connectivity index (χ3n) is 3.36. The molecule has 0 N–H and O–H groups in total. The van der Waals surface area contributed by atoms with Gasteiger partial charge in [-0.25, -0.2) is 0 Å². The topological polar surface area (TPSA) is 0 Å². The zero-order valence-corrected chi connectivity index (χ0v) is 9.64. The summed E-state index contributed by atoms with van der Waals surface area (Å²) in [5, 5.41) is 0. The third kappa shape index (κ3) is 3.54. The largest absolute Gasteiger partial charge is 0.0854 e. The van der Waals surface area contributed by atoms with Crippen molar-refractivity contribution in [2.45, 2.75) is 53.4 Å². The van der Waals surface area contributed by atoms with Gasteiger partial charge in [-0.05, 0) is 36.5 Å². The standard InChI is InChI=1S/C13H24/c1-5-11(2)6-7-12-8-9-13(3,4)10-12/h6-7,11-12H,5,8-10H2,1-4H3/b7-6+. The molecule has 0 heteroatoms. The van der Waals surface area contributed by atoms with Gasteiger partial charge in [0.25, 0.3) is 0 Å². The summed E-state index contributed by atoms with van der Waals surface area (Å²) >= 11 is 0. The summed E-state index contributed by atoms with van der Waals surface area (Å²) in [7, 11) is 0. The van der Waals surface area contributed by atoms with E-state index in [9.17, 15) is 0 Å². The van der Waals surface area contributed by atoms with E-state index in [-0.39, 0.29) is 0 Å². The van der Waals surface area contributed by atoms with Crippen molar-refractivity contribution in [3.63, 3.8) is 0 Å². The molecule has 0 aromatic heterocycles. The lowest BCUT2D eigenvalue weighted by molar-refractivity contribution is 0.372. The van der Waals surface area contributed by atoms with Gasteiger partial charge in [0, 0.05) is 0 Å². The third-order valence-corrected chi connectivity index (χ3v) is 3.36. The van der Waals surface area contributed by atoms with Crippen LogP contribution in [0.15, 0.2) is 12.2 Å². The van der Waals surface area contributed by atoms with Crippen LogP contribution >= 0.6 is 0 Å². The van der Waals surface area contributed by atoms with E-state index in [2.05, 4.69) is 39.8 Å². The summed E-state index contributed by atoms with van der Waals surface area (Å²) in [6, 6.07) is 0. The fraction of sp³-hybridized carbons (Fsp3) is 0.846. The van der Waals surface area contributed by atoms with Crippen LogP contribution in [0, 0.1) is 17.3 Å². The molecule has 0 radical (unpaired) electrons. The SMILES string of the molecule is CCC(C)/C=C/C1CCC(C)(C)C1. The monoisotopic (exact) mass is 180 g/mol. The molecule has 0 saturated heterocycles. The number of hydrogen-bond donors (Lipinski definition) is 0. The van der Waals surface area contributed by atoms with Gasteiger partial charge in [-0.15, -0.1) is 0 Å². The molecule has 0 heterocycles. The second kappa shape index (κ2) is 4.30. The van der Waals surface area contributed by atoms with Gasteiger partial charge in [0.15, 0.2) is 0 Å². The first-order chi connectivity index (χ1) is 6.03. The van der Waals surface area contributed by atoms with Crippen LogP contribution in [0.2, 0.25) is 0 Å². The van der Waals surface area contributed by atoms with Crippen LogP contribution in [0.3, 0.4) is 0 Å². The zero-order chi connectivity index (χ0) is 9.90. The minimum atomic E-state index is 0.602. The van der Waals surface area contributed by atoms with E-state index in [0.717, 1.165) is 11.8 Å². The van der Waals surface area contributed by atoms with E-state index in [1.807, 2.05) is 0 Å². The second-order valence-electron chi connectivity index (χ2n) is 5.44.